The quantitative estimate of drug-likeness (QED) is 0.608. The van der Waals surface area contributed by atoms with Crippen molar-refractivity contribution in [2.75, 3.05) is 0 Å². The SMILES string of the molecule is CC1(C)C2=C(C=CCC2)c2c(I)cccc21. The fourth-order valence-electron chi connectivity index (χ4n) is 3.03. The predicted octanol–water partition coefficient (Wildman–Crippen LogP) is 4.69. The maximum absolute atomic E-state index is 2.46. The number of hydrogen-bond acceptors (Lipinski definition) is 0. The summed E-state index contributed by atoms with van der Waals surface area (Å²) in [6.07, 6.45) is 7.07. The third kappa shape index (κ3) is 1.27. The molecule has 0 heterocycles. The number of benzene rings is 1. The van der Waals surface area contributed by atoms with E-state index in [9.17, 15) is 0 Å². The maximum atomic E-state index is 2.46. The number of hydrogen-bond donors (Lipinski definition) is 0. The summed E-state index contributed by atoms with van der Waals surface area (Å²) >= 11 is 2.46. The fraction of sp³-hybridized carbons (Fsp3) is 0.333. The van der Waals surface area contributed by atoms with Crippen LogP contribution >= 0.6 is 22.6 Å². The molecule has 0 saturated carbocycles. The molecule has 0 atom stereocenters. The molecule has 16 heavy (non-hydrogen) atoms. The lowest BCUT2D eigenvalue weighted by Crippen LogP contribution is -2.17. The Morgan fingerprint density at radius 1 is 1.25 bits per heavy atom. The molecule has 2 aliphatic carbocycles. The van der Waals surface area contributed by atoms with Crippen LogP contribution in [0.15, 0.2) is 35.9 Å². The lowest BCUT2D eigenvalue weighted by Gasteiger charge is -2.25. The van der Waals surface area contributed by atoms with Gasteiger partial charge < -0.3 is 0 Å². The Bertz CT molecular complexity index is 518. The minimum Gasteiger partial charge on any atom is -0.0836 e. The molecule has 0 bridgehead atoms. The highest BCUT2D eigenvalue weighted by atomic mass is 127. The van der Waals surface area contributed by atoms with Gasteiger partial charge in [-0.05, 0) is 58.2 Å². The van der Waals surface area contributed by atoms with Crippen molar-refractivity contribution in [3.63, 3.8) is 0 Å². The first-order valence-electron chi connectivity index (χ1n) is 5.82. The van der Waals surface area contributed by atoms with Gasteiger partial charge in [-0.1, -0.05) is 43.7 Å². The largest absolute Gasteiger partial charge is 0.0836 e. The predicted molar refractivity (Wildman–Crippen MR) is 77.5 cm³/mol. The maximum Gasteiger partial charge on any atom is 0.0211 e. The zero-order valence-electron chi connectivity index (χ0n) is 9.68. The Kier molecular flexibility index (Phi) is 2.29. The number of fused-ring (bicyclic) bond motifs is 2. The van der Waals surface area contributed by atoms with E-state index in [0.717, 1.165) is 0 Å². The molecule has 0 aromatic heterocycles. The molecule has 2 aliphatic rings. The molecular weight excluding hydrogens is 307 g/mol. The van der Waals surface area contributed by atoms with Crippen molar-refractivity contribution in [3.8, 4) is 0 Å². The van der Waals surface area contributed by atoms with E-state index in [-0.39, 0.29) is 5.41 Å². The standard InChI is InChI=1S/C15H15I/c1-15(2)11-7-4-3-6-10(11)14-12(15)8-5-9-13(14)16/h3,5-6,8-9H,4,7H2,1-2H3. The first-order chi connectivity index (χ1) is 7.62. The van der Waals surface area contributed by atoms with E-state index in [1.165, 1.54) is 33.1 Å². The lowest BCUT2D eigenvalue weighted by atomic mass is 9.79. The second-order valence-corrected chi connectivity index (χ2v) is 6.28. The summed E-state index contributed by atoms with van der Waals surface area (Å²) in [6, 6.07) is 6.70. The van der Waals surface area contributed by atoms with E-state index in [0.29, 0.717) is 0 Å². The Hall–Kier alpha value is -0.570. The van der Waals surface area contributed by atoms with Gasteiger partial charge in [0.1, 0.15) is 0 Å². The third-order valence-electron chi connectivity index (χ3n) is 3.88. The van der Waals surface area contributed by atoms with E-state index in [2.05, 4.69) is 66.8 Å². The summed E-state index contributed by atoms with van der Waals surface area (Å²) in [5, 5.41) is 0. The van der Waals surface area contributed by atoms with Gasteiger partial charge in [0.25, 0.3) is 0 Å². The summed E-state index contributed by atoms with van der Waals surface area (Å²) in [6.45, 7) is 4.73. The minimum absolute atomic E-state index is 0.233. The molecule has 3 rings (SSSR count). The summed E-state index contributed by atoms with van der Waals surface area (Å²) in [7, 11) is 0. The van der Waals surface area contributed by atoms with Crippen LogP contribution in [0.25, 0.3) is 5.57 Å². The molecule has 0 amide bonds. The molecule has 82 valence electrons. The van der Waals surface area contributed by atoms with Crippen molar-refractivity contribution in [3.05, 3.63) is 50.6 Å². The molecule has 0 unspecified atom stereocenters. The van der Waals surface area contributed by atoms with Gasteiger partial charge in [-0.2, -0.15) is 0 Å². The van der Waals surface area contributed by atoms with Gasteiger partial charge in [0, 0.05) is 8.99 Å². The minimum atomic E-state index is 0.233. The molecule has 1 heteroatoms. The zero-order chi connectivity index (χ0) is 11.3. The van der Waals surface area contributed by atoms with Crippen LogP contribution in [-0.2, 0) is 5.41 Å². The molecule has 0 radical (unpaired) electrons. The van der Waals surface area contributed by atoms with Gasteiger partial charge in [0.2, 0.25) is 0 Å². The third-order valence-corrected chi connectivity index (χ3v) is 4.78. The monoisotopic (exact) mass is 322 g/mol. The second-order valence-electron chi connectivity index (χ2n) is 5.12. The molecule has 0 saturated heterocycles. The van der Waals surface area contributed by atoms with Crippen molar-refractivity contribution in [1.29, 1.82) is 0 Å². The second kappa shape index (κ2) is 3.46. The van der Waals surface area contributed by atoms with Crippen molar-refractivity contribution in [2.24, 2.45) is 0 Å². The van der Waals surface area contributed by atoms with Crippen LogP contribution in [0.1, 0.15) is 37.8 Å². The number of rotatable bonds is 0. The van der Waals surface area contributed by atoms with E-state index in [1.807, 2.05) is 0 Å². The van der Waals surface area contributed by atoms with Crippen molar-refractivity contribution in [2.45, 2.75) is 32.1 Å². The van der Waals surface area contributed by atoms with Gasteiger partial charge in [0.05, 0.1) is 0 Å². The van der Waals surface area contributed by atoms with E-state index in [1.54, 1.807) is 5.57 Å². The highest BCUT2D eigenvalue weighted by molar-refractivity contribution is 14.1. The van der Waals surface area contributed by atoms with Gasteiger partial charge in [-0.3, -0.25) is 0 Å². The first kappa shape index (κ1) is 10.6. The Balaban J connectivity index is 2.34. The van der Waals surface area contributed by atoms with Crippen molar-refractivity contribution < 1.29 is 0 Å². The summed E-state index contributed by atoms with van der Waals surface area (Å²) in [5.74, 6) is 0. The normalized spacial score (nSPS) is 20.9. The van der Waals surface area contributed by atoms with Crippen LogP contribution in [0.2, 0.25) is 0 Å². The Morgan fingerprint density at radius 2 is 2.06 bits per heavy atom. The zero-order valence-corrected chi connectivity index (χ0v) is 11.8. The topological polar surface area (TPSA) is 0 Å². The average Bonchev–Trinajstić information content (AvgIpc) is 2.51. The molecule has 0 aliphatic heterocycles. The molecular formula is C15H15I. The van der Waals surface area contributed by atoms with Crippen LogP contribution in [0.4, 0.5) is 0 Å². The first-order valence-corrected chi connectivity index (χ1v) is 6.90. The summed E-state index contributed by atoms with van der Waals surface area (Å²) in [4.78, 5) is 0. The van der Waals surface area contributed by atoms with Crippen LogP contribution in [-0.4, -0.2) is 0 Å². The highest BCUT2D eigenvalue weighted by Gasteiger charge is 2.37. The van der Waals surface area contributed by atoms with Gasteiger partial charge in [-0.15, -0.1) is 0 Å². The van der Waals surface area contributed by atoms with E-state index in [4.69, 9.17) is 0 Å². The van der Waals surface area contributed by atoms with Crippen LogP contribution < -0.4 is 0 Å². The Morgan fingerprint density at radius 3 is 2.88 bits per heavy atom. The summed E-state index contributed by atoms with van der Waals surface area (Å²) < 4.78 is 1.39. The van der Waals surface area contributed by atoms with Gasteiger partial charge in [-0.25, -0.2) is 0 Å². The molecule has 0 fully saturated rings. The van der Waals surface area contributed by atoms with Crippen LogP contribution in [0.3, 0.4) is 0 Å². The van der Waals surface area contributed by atoms with Crippen LogP contribution in [0.5, 0.6) is 0 Å². The lowest BCUT2D eigenvalue weighted by molar-refractivity contribution is 0.607. The van der Waals surface area contributed by atoms with Crippen molar-refractivity contribution in [1.82, 2.24) is 0 Å². The smallest absolute Gasteiger partial charge is 0.0211 e. The highest BCUT2D eigenvalue weighted by Crippen LogP contribution is 2.50. The van der Waals surface area contributed by atoms with E-state index >= 15 is 0 Å². The molecule has 0 N–H and O–H groups in total. The number of halogens is 1. The molecule has 1 aromatic carbocycles. The number of allylic oxidation sites excluding steroid dienone is 4. The molecule has 1 aromatic rings. The van der Waals surface area contributed by atoms with Crippen LogP contribution in [0, 0.1) is 3.57 Å². The van der Waals surface area contributed by atoms with E-state index < -0.39 is 0 Å². The molecule has 0 nitrogen and oxygen atoms in total. The Labute approximate surface area is 111 Å². The van der Waals surface area contributed by atoms with Gasteiger partial charge in [0.15, 0.2) is 0 Å². The average molecular weight is 322 g/mol. The fourth-order valence-corrected chi connectivity index (χ4v) is 3.82. The van der Waals surface area contributed by atoms with Crippen molar-refractivity contribution >= 4 is 28.2 Å². The molecule has 0 spiro atoms. The summed E-state index contributed by atoms with van der Waals surface area (Å²) in [5.41, 5.74) is 6.36. The van der Waals surface area contributed by atoms with Gasteiger partial charge >= 0.3 is 0 Å².